The highest BCUT2D eigenvalue weighted by molar-refractivity contribution is 6.35. The van der Waals surface area contributed by atoms with Gasteiger partial charge < -0.3 is 15.4 Å². The molecule has 1 fully saturated rings. The van der Waals surface area contributed by atoms with Crippen LogP contribution in [0.1, 0.15) is 43.7 Å². The lowest BCUT2D eigenvalue weighted by atomic mass is 10.0. The van der Waals surface area contributed by atoms with Crippen LogP contribution in [0.4, 0.5) is 0 Å². The summed E-state index contributed by atoms with van der Waals surface area (Å²) in [6.07, 6.45) is 1.99. The molecule has 0 aromatic heterocycles. The van der Waals surface area contributed by atoms with Crippen molar-refractivity contribution in [2.24, 2.45) is 0 Å². The van der Waals surface area contributed by atoms with Crippen LogP contribution in [-0.4, -0.2) is 31.1 Å². The minimum Gasteiger partial charge on any atom is -0.376 e. The maximum Gasteiger partial charge on any atom is 0.309 e. The lowest BCUT2D eigenvalue weighted by molar-refractivity contribution is -0.139. The van der Waals surface area contributed by atoms with Crippen molar-refractivity contribution >= 4 is 11.8 Å². The molecule has 1 aliphatic rings. The topological polar surface area (TPSA) is 67.4 Å². The summed E-state index contributed by atoms with van der Waals surface area (Å²) in [6, 6.07) is 8.03. The molecule has 0 radical (unpaired) electrons. The Bertz CT molecular complexity index is 505. The Labute approximate surface area is 131 Å². The minimum atomic E-state index is -0.606. The molecule has 0 spiro atoms. The molecule has 1 saturated heterocycles. The van der Waals surface area contributed by atoms with Crippen LogP contribution in [0.3, 0.4) is 0 Å². The van der Waals surface area contributed by atoms with Gasteiger partial charge in [0.05, 0.1) is 6.10 Å². The van der Waals surface area contributed by atoms with Gasteiger partial charge >= 0.3 is 11.8 Å². The number of hydrogen-bond acceptors (Lipinski definition) is 3. The maximum absolute atomic E-state index is 11.7. The largest absolute Gasteiger partial charge is 0.376 e. The zero-order chi connectivity index (χ0) is 15.9. The molecule has 0 saturated carbocycles. The Morgan fingerprint density at radius 1 is 1.18 bits per heavy atom. The first-order valence-electron chi connectivity index (χ1n) is 7.82. The van der Waals surface area contributed by atoms with Gasteiger partial charge in [-0.15, -0.1) is 0 Å². The summed E-state index contributed by atoms with van der Waals surface area (Å²) in [5.74, 6) is -0.729. The summed E-state index contributed by atoms with van der Waals surface area (Å²) >= 11 is 0. The zero-order valence-electron chi connectivity index (χ0n) is 13.2. The highest BCUT2D eigenvalue weighted by atomic mass is 16.5. The molecule has 1 aromatic carbocycles. The van der Waals surface area contributed by atoms with Gasteiger partial charge in [-0.2, -0.15) is 0 Å². The normalized spacial score (nSPS) is 17.5. The van der Waals surface area contributed by atoms with Crippen molar-refractivity contribution in [3.8, 4) is 0 Å². The van der Waals surface area contributed by atoms with Gasteiger partial charge in [0.1, 0.15) is 0 Å². The third kappa shape index (κ3) is 4.84. The van der Waals surface area contributed by atoms with E-state index in [4.69, 9.17) is 4.74 Å². The molecular formula is C17H24N2O3. The number of rotatable bonds is 5. The van der Waals surface area contributed by atoms with Crippen LogP contribution in [0.5, 0.6) is 0 Å². The SMILES string of the molecule is CC(C)c1ccc(CNC(=O)C(=O)NC[C@H]2CCCO2)cc1. The lowest BCUT2D eigenvalue weighted by Crippen LogP contribution is -2.42. The zero-order valence-corrected chi connectivity index (χ0v) is 13.2. The second-order valence-corrected chi connectivity index (χ2v) is 5.92. The highest BCUT2D eigenvalue weighted by Gasteiger charge is 2.19. The number of nitrogens with one attached hydrogen (secondary N) is 2. The van der Waals surface area contributed by atoms with Gasteiger partial charge in [0, 0.05) is 19.7 Å². The summed E-state index contributed by atoms with van der Waals surface area (Å²) in [6.45, 7) is 5.75. The molecule has 22 heavy (non-hydrogen) atoms. The summed E-state index contributed by atoms with van der Waals surface area (Å²) < 4.78 is 5.40. The van der Waals surface area contributed by atoms with Crippen molar-refractivity contribution in [1.82, 2.24) is 10.6 Å². The van der Waals surface area contributed by atoms with E-state index in [-0.39, 0.29) is 6.10 Å². The first kappa shape index (κ1) is 16.5. The van der Waals surface area contributed by atoms with E-state index < -0.39 is 11.8 Å². The molecule has 1 heterocycles. The monoisotopic (exact) mass is 304 g/mol. The molecule has 2 N–H and O–H groups in total. The number of ether oxygens (including phenoxy) is 1. The van der Waals surface area contributed by atoms with Crippen LogP contribution in [0, 0.1) is 0 Å². The maximum atomic E-state index is 11.7. The number of carbonyl (C=O) groups excluding carboxylic acids is 2. The number of carbonyl (C=O) groups is 2. The van der Waals surface area contributed by atoms with Crippen LogP contribution in [0.25, 0.3) is 0 Å². The van der Waals surface area contributed by atoms with Gasteiger partial charge in [-0.1, -0.05) is 38.1 Å². The standard InChI is InChI=1S/C17H24N2O3/c1-12(2)14-7-5-13(6-8-14)10-18-16(20)17(21)19-11-15-4-3-9-22-15/h5-8,12,15H,3-4,9-11H2,1-2H3,(H,18,20)(H,19,21)/t15-/m1/s1. The van der Waals surface area contributed by atoms with Gasteiger partial charge in [-0.3, -0.25) is 9.59 Å². The van der Waals surface area contributed by atoms with Crippen molar-refractivity contribution in [3.63, 3.8) is 0 Å². The van der Waals surface area contributed by atoms with Gasteiger partial charge in [0.2, 0.25) is 0 Å². The van der Waals surface area contributed by atoms with E-state index in [9.17, 15) is 9.59 Å². The predicted molar refractivity (Wildman–Crippen MR) is 84.4 cm³/mol. The molecule has 5 heteroatoms. The molecule has 120 valence electrons. The molecule has 1 aliphatic heterocycles. The summed E-state index contributed by atoms with van der Waals surface area (Å²) in [5, 5.41) is 5.24. The van der Waals surface area contributed by atoms with E-state index in [1.54, 1.807) is 0 Å². The van der Waals surface area contributed by atoms with Gasteiger partial charge in [0.15, 0.2) is 0 Å². The van der Waals surface area contributed by atoms with Crippen molar-refractivity contribution in [3.05, 3.63) is 35.4 Å². The lowest BCUT2D eigenvalue weighted by Gasteiger charge is -2.11. The molecule has 5 nitrogen and oxygen atoms in total. The summed E-state index contributed by atoms with van der Waals surface area (Å²) in [4.78, 5) is 23.4. The van der Waals surface area contributed by atoms with Gasteiger partial charge in [-0.05, 0) is 29.9 Å². The van der Waals surface area contributed by atoms with Crippen molar-refractivity contribution in [2.75, 3.05) is 13.2 Å². The first-order chi connectivity index (χ1) is 10.6. The van der Waals surface area contributed by atoms with Crippen molar-refractivity contribution < 1.29 is 14.3 Å². The fourth-order valence-corrected chi connectivity index (χ4v) is 2.38. The average molecular weight is 304 g/mol. The van der Waals surface area contributed by atoms with E-state index >= 15 is 0 Å². The Balaban J connectivity index is 1.72. The Morgan fingerprint density at radius 2 is 1.86 bits per heavy atom. The smallest absolute Gasteiger partial charge is 0.309 e. The van der Waals surface area contributed by atoms with Crippen LogP contribution < -0.4 is 10.6 Å². The number of benzene rings is 1. The van der Waals surface area contributed by atoms with Crippen LogP contribution in [0.2, 0.25) is 0 Å². The molecule has 0 unspecified atom stereocenters. The van der Waals surface area contributed by atoms with E-state index in [2.05, 4.69) is 24.5 Å². The summed E-state index contributed by atoms with van der Waals surface area (Å²) in [5.41, 5.74) is 2.23. The summed E-state index contributed by atoms with van der Waals surface area (Å²) in [7, 11) is 0. The number of amides is 2. The Hall–Kier alpha value is -1.88. The quantitative estimate of drug-likeness (QED) is 0.814. The Kier molecular flexibility index (Phi) is 5.95. The van der Waals surface area contributed by atoms with Gasteiger partial charge in [0.25, 0.3) is 0 Å². The van der Waals surface area contributed by atoms with Gasteiger partial charge in [-0.25, -0.2) is 0 Å². The van der Waals surface area contributed by atoms with E-state index in [1.165, 1.54) is 5.56 Å². The molecule has 1 aromatic rings. The Morgan fingerprint density at radius 3 is 2.45 bits per heavy atom. The second-order valence-electron chi connectivity index (χ2n) is 5.92. The van der Waals surface area contributed by atoms with Crippen molar-refractivity contribution in [1.29, 1.82) is 0 Å². The predicted octanol–water partition coefficient (Wildman–Crippen LogP) is 1.72. The molecule has 0 bridgehead atoms. The fourth-order valence-electron chi connectivity index (χ4n) is 2.38. The average Bonchev–Trinajstić information content (AvgIpc) is 3.04. The molecule has 1 atom stereocenters. The minimum absolute atomic E-state index is 0.0420. The third-order valence-electron chi connectivity index (χ3n) is 3.82. The third-order valence-corrected chi connectivity index (χ3v) is 3.82. The highest BCUT2D eigenvalue weighted by Crippen LogP contribution is 2.14. The molecular weight excluding hydrogens is 280 g/mol. The molecule has 0 aliphatic carbocycles. The van der Waals surface area contributed by atoms with Crippen molar-refractivity contribution in [2.45, 2.75) is 45.3 Å². The number of hydrogen-bond donors (Lipinski definition) is 2. The second kappa shape index (κ2) is 7.94. The molecule has 2 rings (SSSR count). The first-order valence-corrected chi connectivity index (χ1v) is 7.82. The fraction of sp³-hybridized carbons (Fsp3) is 0.529. The van der Waals surface area contributed by atoms with E-state index in [0.717, 1.165) is 25.0 Å². The van der Waals surface area contributed by atoms with Crippen LogP contribution in [0.15, 0.2) is 24.3 Å². The van der Waals surface area contributed by atoms with Crippen LogP contribution >= 0.6 is 0 Å². The molecule has 2 amide bonds. The van der Waals surface area contributed by atoms with E-state index in [0.29, 0.717) is 19.0 Å². The van der Waals surface area contributed by atoms with E-state index in [1.807, 2.05) is 24.3 Å². The van der Waals surface area contributed by atoms with Crippen LogP contribution in [-0.2, 0) is 20.9 Å².